The maximum absolute atomic E-state index is 11.7. The summed E-state index contributed by atoms with van der Waals surface area (Å²) in [4.78, 5) is 14.1. The summed E-state index contributed by atoms with van der Waals surface area (Å²) < 4.78 is 5.47. The van der Waals surface area contributed by atoms with Gasteiger partial charge in [-0.05, 0) is 41.1 Å². The molecule has 2 aromatic heterocycles. The van der Waals surface area contributed by atoms with E-state index in [0.717, 1.165) is 4.88 Å². The zero-order valence-electron chi connectivity index (χ0n) is 8.62. The van der Waals surface area contributed by atoms with Gasteiger partial charge in [0.15, 0.2) is 4.67 Å². The molecule has 0 saturated carbocycles. The lowest BCUT2D eigenvalue weighted by Gasteiger charge is -2.01. The molecule has 0 aliphatic rings. The van der Waals surface area contributed by atoms with Gasteiger partial charge < -0.3 is 9.73 Å². The van der Waals surface area contributed by atoms with Gasteiger partial charge in [-0.2, -0.15) is 0 Å². The molecule has 0 aliphatic heterocycles. The van der Waals surface area contributed by atoms with Crippen molar-refractivity contribution in [3.05, 3.63) is 44.4 Å². The fraction of sp³-hybridized carbons (Fsp3) is 0.182. The highest BCUT2D eigenvalue weighted by atomic mass is 79.9. The van der Waals surface area contributed by atoms with Crippen molar-refractivity contribution in [1.29, 1.82) is 0 Å². The molecule has 0 bridgehead atoms. The standard InChI is InChI=1S/C11H10BrNO2S/c1-7-2-3-8(16-7)6-13-11(14)9-4-5-15-10(9)12/h2-5H,6H2,1H3,(H,13,14). The molecule has 0 aliphatic carbocycles. The first-order valence-corrected chi connectivity index (χ1v) is 6.34. The Balaban J connectivity index is 1.96. The molecule has 1 N–H and O–H groups in total. The smallest absolute Gasteiger partial charge is 0.256 e. The molecule has 0 atom stereocenters. The van der Waals surface area contributed by atoms with Crippen molar-refractivity contribution in [1.82, 2.24) is 5.32 Å². The number of nitrogens with one attached hydrogen (secondary N) is 1. The Hall–Kier alpha value is -1.07. The predicted octanol–water partition coefficient (Wildman–Crippen LogP) is 3.34. The Bertz CT molecular complexity index is 504. The van der Waals surface area contributed by atoms with Crippen molar-refractivity contribution in [2.24, 2.45) is 0 Å². The highest BCUT2D eigenvalue weighted by molar-refractivity contribution is 9.10. The summed E-state index contributed by atoms with van der Waals surface area (Å²) in [7, 11) is 0. The van der Waals surface area contributed by atoms with Crippen molar-refractivity contribution >= 4 is 33.2 Å². The third kappa shape index (κ3) is 2.54. The van der Waals surface area contributed by atoms with E-state index >= 15 is 0 Å². The first-order valence-electron chi connectivity index (χ1n) is 4.73. The zero-order valence-corrected chi connectivity index (χ0v) is 11.0. The van der Waals surface area contributed by atoms with Crippen LogP contribution in [-0.2, 0) is 6.54 Å². The second-order valence-electron chi connectivity index (χ2n) is 3.30. The Morgan fingerprint density at radius 3 is 2.88 bits per heavy atom. The number of carbonyl (C=O) groups excluding carboxylic acids is 1. The van der Waals surface area contributed by atoms with E-state index in [9.17, 15) is 4.79 Å². The van der Waals surface area contributed by atoms with Gasteiger partial charge in [0.1, 0.15) is 0 Å². The van der Waals surface area contributed by atoms with E-state index in [4.69, 9.17) is 4.42 Å². The molecular formula is C11H10BrNO2S. The van der Waals surface area contributed by atoms with Crippen LogP contribution >= 0.6 is 27.3 Å². The molecule has 0 radical (unpaired) electrons. The van der Waals surface area contributed by atoms with E-state index in [1.54, 1.807) is 17.4 Å². The lowest BCUT2D eigenvalue weighted by molar-refractivity contribution is 0.0949. The normalized spacial score (nSPS) is 10.4. The molecule has 0 saturated heterocycles. The van der Waals surface area contributed by atoms with Gasteiger partial charge in [0.05, 0.1) is 18.4 Å². The van der Waals surface area contributed by atoms with Crippen molar-refractivity contribution in [3.63, 3.8) is 0 Å². The molecule has 0 aromatic carbocycles. The van der Waals surface area contributed by atoms with Crippen LogP contribution in [0.3, 0.4) is 0 Å². The van der Waals surface area contributed by atoms with Crippen LogP contribution in [0.15, 0.2) is 33.5 Å². The first kappa shape index (κ1) is 11.4. The molecule has 5 heteroatoms. The SMILES string of the molecule is Cc1ccc(CNC(=O)c2ccoc2Br)s1. The number of furan rings is 1. The Morgan fingerprint density at radius 1 is 1.50 bits per heavy atom. The number of carbonyl (C=O) groups is 1. The van der Waals surface area contributed by atoms with Crippen molar-refractivity contribution in [2.45, 2.75) is 13.5 Å². The number of halogens is 1. The van der Waals surface area contributed by atoms with Crippen LogP contribution in [0.5, 0.6) is 0 Å². The number of hydrogen-bond acceptors (Lipinski definition) is 3. The lowest BCUT2D eigenvalue weighted by atomic mass is 10.3. The number of hydrogen-bond donors (Lipinski definition) is 1. The van der Waals surface area contributed by atoms with Crippen LogP contribution in [0.25, 0.3) is 0 Å². The third-order valence-corrected chi connectivity index (χ3v) is 3.70. The van der Waals surface area contributed by atoms with Gasteiger partial charge in [0, 0.05) is 9.75 Å². The van der Waals surface area contributed by atoms with Crippen LogP contribution in [0.2, 0.25) is 0 Å². The fourth-order valence-electron chi connectivity index (χ4n) is 1.30. The molecule has 16 heavy (non-hydrogen) atoms. The summed E-state index contributed by atoms with van der Waals surface area (Å²) in [6, 6.07) is 5.70. The summed E-state index contributed by atoms with van der Waals surface area (Å²) in [6.45, 7) is 2.59. The van der Waals surface area contributed by atoms with Gasteiger partial charge >= 0.3 is 0 Å². The van der Waals surface area contributed by atoms with Crippen LogP contribution in [-0.4, -0.2) is 5.91 Å². The van der Waals surface area contributed by atoms with E-state index in [1.165, 1.54) is 11.1 Å². The van der Waals surface area contributed by atoms with Crippen LogP contribution < -0.4 is 5.32 Å². The second-order valence-corrected chi connectivity index (χ2v) is 5.40. The molecule has 0 unspecified atom stereocenters. The van der Waals surface area contributed by atoms with E-state index in [2.05, 4.69) is 21.2 Å². The molecule has 2 rings (SSSR count). The number of thiophene rings is 1. The van der Waals surface area contributed by atoms with E-state index in [-0.39, 0.29) is 5.91 Å². The summed E-state index contributed by atoms with van der Waals surface area (Å²) in [5.74, 6) is -0.133. The number of rotatable bonds is 3. The van der Waals surface area contributed by atoms with Gasteiger partial charge in [0.2, 0.25) is 0 Å². The van der Waals surface area contributed by atoms with Crippen molar-refractivity contribution in [2.75, 3.05) is 0 Å². The summed E-state index contributed by atoms with van der Waals surface area (Å²) in [5.41, 5.74) is 0.522. The minimum Gasteiger partial charge on any atom is -0.457 e. The molecule has 2 heterocycles. The molecule has 3 nitrogen and oxygen atoms in total. The average molecular weight is 300 g/mol. The zero-order chi connectivity index (χ0) is 11.5. The van der Waals surface area contributed by atoms with E-state index < -0.39 is 0 Å². The molecule has 0 spiro atoms. The summed E-state index contributed by atoms with van der Waals surface area (Å²) >= 11 is 4.85. The Morgan fingerprint density at radius 2 is 2.31 bits per heavy atom. The quantitative estimate of drug-likeness (QED) is 0.944. The second kappa shape index (κ2) is 4.84. The maximum atomic E-state index is 11.7. The van der Waals surface area contributed by atoms with Crippen LogP contribution in [0.1, 0.15) is 20.1 Å². The van der Waals surface area contributed by atoms with Gasteiger partial charge in [0.25, 0.3) is 5.91 Å². The number of amides is 1. The molecular weight excluding hydrogens is 290 g/mol. The summed E-state index contributed by atoms with van der Waals surface area (Å²) in [5, 5.41) is 2.84. The predicted molar refractivity (Wildman–Crippen MR) is 66.6 cm³/mol. The Labute approximate surface area is 106 Å². The van der Waals surface area contributed by atoms with Gasteiger partial charge in [-0.25, -0.2) is 0 Å². The monoisotopic (exact) mass is 299 g/mol. The number of aryl methyl sites for hydroxylation is 1. The third-order valence-electron chi connectivity index (χ3n) is 2.08. The molecule has 0 fully saturated rings. The van der Waals surface area contributed by atoms with Crippen molar-refractivity contribution in [3.8, 4) is 0 Å². The minimum absolute atomic E-state index is 0.133. The average Bonchev–Trinajstić information content (AvgIpc) is 2.84. The van der Waals surface area contributed by atoms with Crippen molar-refractivity contribution < 1.29 is 9.21 Å². The topological polar surface area (TPSA) is 42.2 Å². The summed E-state index contributed by atoms with van der Waals surface area (Å²) in [6.07, 6.45) is 1.48. The van der Waals surface area contributed by atoms with Crippen LogP contribution in [0.4, 0.5) is 0 Å². The highest BCUT2D eigenvalue weighted by Gasteiger charge is 2.12. The van der Waals surface area contributed by atoms with E-state index in [0.29, 0.717) is 16.8 Å². The van der Waals surface area contributed by atoms with Gasteiger partial charge in [-0.1, -0.05) is 0 Å². The maximum Gasteiger partial charge on any atom is 0.256 e. The Kier molecular flexibility index (Phi) is 3.46. The fourth-order valence-corrected chi connectivity index (χ4v) is 2.55. The lowest BCUT2D eigenvalue weighted by Crippen LogP contribution is -2.22. The molecule has 84 valence electrons. The first-order chi connectivity index (χ1) is 7.66. The van der Waals surface area contributed by atoms with E-state index in [1.807, 2.05) is 19.1 Å². The van der Waals surface area contributed by atoms with Gasteiger partial charge in [-0.15, -0.1) is 11.3 Å². The van der Waals surface area contributed by atoms with Crippen LogP contribution in [0, 0.1) is 6.92 Å². The largest absolute Gasteiger partial charge is 0.457 e. The molecule has 2 aromatic rings. The van der Waals surface area contributed by atoms with Gasteiger partial charge in [-0.3, -0.25) is 4.79 Å². The highest BCUT2D eigenvalue weighted by Crippen LogP contribution is 2.18. The molecule has 1 amide bonds. The minimum atomic E-state index is -0.133.